The molecule has 0 bridgehead atoms. The predicted molar refractivity (Wildman–Crippen MR) is 108 cm³/mol. The number of carbonyl (C=O) groups is 1. The average molecular weight is 482 g/mol. The molecule has 0 N–H and O–H groups in total. The molecule has 7 heteroatoms. The van der Waals surface area contributed by atoms with Crippen molar-refractivity contribution < 1.29 is 14.3 Å². The lowest BCUT2D eigenvalue weighted by Gasteiger charge is -2.21. The highest BCUT2D eigenvalue weighted by Gasteiger charge is 2.32. The Labute approximate surface area is 169 Å². The number of rotatable bonds is 4. The molecule has 1 aliphatic heterocycles. The van der Waals surface area contributed by atoms with Gasteiger partial charge in [-0.3, -0.25) is 4.79 Å². The van der Waals surface area contributed by atoms with Crippen LogP contribution in [0.3, 0.4) is 0 Å². The molecule has 1 amide bonds. The van der Waals surface area contributed by atoms with E-state index in [1.807, 2.05) is 36.4 Å². The molecular weight excluding hydrogens is 464 g/mol. The molecule has 2 aromatic carbocycles. The van der Waals surface area contributed by atoms with Crippen molar-refractivity contribution in [2.45, 2.75) is 19.4 Å². The van der Waals surface area contributed by atoms with Crippen LogP contribution in [0.1, 0.15) is 30.5 Å². The molecule has 0 aliphatic carbocycles. The molecule has 1 atom stereocenters. The Balaban J connectivity index is 1.98. The third-order valence-electron chi connectivity index (χ3n) is 4.27. The zero-order valence-electron chi connectivity index (χ0n) is 14.6. The van der Waals surface area contributed by atoms with Gasteiger partial charge in [-0.2, -0.15) is 5.10 Å². The second-order valence-corrected chi connectivity index (χ2v) is 7.64. The lowest BCUT2D eigenvalue weighted by atomic mass is 9.98. The number of carbonyl (C=O) groups excluding carboxylic acids is 1. The molecule has 0 saturated heterocycles. The Morgan fingerprint density at radius 1 is 1.12 bits per heavy atom. The normalized spacial score (nSPS) is 16.4. The summed E-state index contributed by atoms with van der Waals surface area (Å²) in [6, 6.07) is 11.4. The van der Waals surface area contributed by atoms with Crippen LogP contribution in [0.25, 0.3) is 0 Å². The van der Waals surface area contributed by atoms with Crippen LogP contribution in [0.15, 0.2) is 50.4 Å². The summed E-state index contributed by atoms with van der Waals surface area (Å²) >= 11 is 7.04. The van der Waals surface area contributed by atoms with Crippen molar-refractivity contribution in [1.82, 2.24) is 5.01 Å². The second kappa shape index (κ2) is 7.80. The molecular formula is C19H18Br2N2O3. The van der Waals surface area contributed by atoms with E-state index in [4.69, 9.17) is 9.47 Å². The minimum absolute atomic E-state index is 0.104. The van der Waals surface area contributed by atoms with Gasteiger partial charge in [0.15, 0.2) is 11.5 Å². The first-order valence-electron chi connectivity index (χ1n) is 7.99. The Kier molecular flexibility index (Phi) is 5.67. The maximum absolute atomic E-state index is 12.2. The van der Waals surface area contributed by atoms with Crippen LogP contribution in [0.5, 0.6) is 11.5 Å². The summed E-state index contributed by atoms with van der Waals surface area (Å²) in [4.78, 5) is 12.2. The number of methoxy groups -OCH3 is 2. The average Bonchev–Trinajstić information content (AvgIpc) is 3.06. The maximum atomic E-state index is 12.2. The van der Waals surface area contributed by atoms with E-state index in [9.17, 15) is 4.79 Å². The van der Waals surface area contributed by atoms with Crippen LogP contribution in [0.4, 0.5) is 0 Å². The van der Waals surface area contributed by atoms with Gasteiger partial charge in [0.25, 0.3) is 0 Å². The summed E-state index contributed by atoms with van der Waals surface area (Å²) in [7, 11) is 3.20. The molecule has 0 radical (unpaired) electrons. The van der Waals surface area contributed by atoms with Crippen molar-refractivity contribution in [3.8, 4) is 11.5 Å². The monoisotopic (exact) mass is 480 g/mol. The van der Waals surface area contributed by atoms with E-state index >= 15 is 0 Å². The summed E-state index contributed by atoms with van der Waals surface area (Å²) in [5.41, 5.74) is 2.78. The van der Waals surface area contributed by atoms with E-state index in [0.29, 0.717) is 17.9 Å². The van der Waals surface area contributed by atoms with Crippen molar-refractivity contribution in [2.24, 2.45) is 5.10 Å². The number of hydrogen-bond acceptors (Lipinski definition) is 4. The second-order valence-electron chi connectivity index (χ2n) is 5.87. The fraction of sp³-hybridized carbons (Fsp3) is 0.263. The third-order valence-corrected chi connectivity index (χ3v) is 5.42. The fourth-order valence-corrected chi connectivity index (χ4v) is 4.28. The van der Waals surface area contributed by atoms with Gasteiger partial charge in [0.1, 0.15) is 0 Å². The molecule has 5 nitrogen and oxygen atoms in total. The van der Waals surface area contributed by atoms with Gasteiger partial charge in [-0.25, -0.2) is 5.01 Å². The van der Waals surface area contributed by atoms with Gasteiger partial charge < -0.3 is 9.47 Å². The molecule has 0 fully saturated rings. The van der Waals surface area contributed by atoms with Gasteiger partial charge in [-0.05, 0) is 29.8 Å². The molecule has 136 valence electrons. The zero-order valence-corrected chi connectivity index (χ0v) is 17.8. The molecule has 26 heavy (non-hydrogen) atoms. The predicted octanol–water partition coefficient (Wildman–Crippen LogP) is 4.93. The number of hydrogen-bond donors (Lipinski definition) is 0. The summed E-state index contributed by atoms with van der Waals surface area (Å²) in [6.07, 6.45) is 0.620. The van der Waals surface area contributed by atoms with E-state index in [0.717, 1.165) is 25.8 Å². The number of hydrazone groups is 1. The van der Waals surface area contributed by atoms with E-state index in [2.05, 4.69) is 37.0 Å². The summed E-state index contributed by atoms with van der Waals surface area (Å²) < 4.78 is 12.6. The third kappa shape index (κ3) is 3.64. The topological polar surface area (TPSA) is 51.1 Å². The Hall–Kier alpha value is -1.86. The van der Waals surface area contributed by atoms with Crippen LogP contribution in [-0.2, 0) is 4.79 Å². The Bertz CT molecular complexity index is 883. The van der Waals surface area contributed by atoms with E-state index in [1.54, 1.807) is 14.2 Å². The first-order chi connectivity index (χ1) is 12.4. The number of amides is 1. The van der Waals surface area contributed by atoms with Crippen LogP contribution < -0.4 is 9.47 Å². The molecule has 1 heterocycles. The van der Waals surface area contributed by atoms with Crippen molar-refractivity contribution in [3.63, 3.8) is 0 Å². The standard InChI is InChI=1S/C19H18Br2N2O3/c1-11(24)23-17(12-4-7-18(25-2)19(8-12)26-3)10-16(22-23)14-6-5-13(20)9-15(14)21/h4-9,17H,10H2,1-3H3/t17-/m0/s1. The summed E-state index contributed by atoms with van der Waals surface area (Å²) in [6.45, 7) is 1.52. The van der Waals surface area contributed by atoms with Crippen LogP contribution in [0, 0.1) is 0 Å². The fourth-order valence-electron chi connectivity index (χ4n) is 3.01. The zero-order chi connectivity index (χ0) is 18.8. The van der Waals surface area contributed by atoms with Crippen molar-refractivity contribution in [1.29, 1.82) is 0 Å². The highest BCUT2D eigenvalue weighted by Crippen LogP contribution is 2.38. The highest BCUT2D eigenvalue weighted by molar-refractivity contribution is 9.11. The first kappa shape index (κ1) is 18.9. The van der Waals surface area contributed by atoms with E-state index < -0.39 is 0 Å². The van der Waals surface area contributed by atoms with E-state index in [1.165, 1.54) is 11.9 Å². The molecule has 3 rings (SSSR count). The summed E-state index contributed by atoms with van der Waals surface area (Å²) in [5.74, 6) is 1.18. The number of ether oxygens (including phenoxy) is 2. The van der Waals surface area contributed by atoms with Crippen molar-refractivity contribution in [3.05, 3.63) is 56.5 Å². The summed E-state index contributed by atoms with van der Waals surface area (Å²) in [5, 5.41) is 6.12. The van der Waals surface area contributed by atoms with Gasteiger partial charge in [-0.1, -0.05) is 44.0 Å². The smallest absolute Gasteiger partial charge is 0.240 e. The minimum atomic E-state index is -0.183. The van der Waals surface area contributed by atoms with Gasteiger partial charge in [0.05, 0.1) is 26.0 Å². The first-order valence-corrected chi connectivity index (χ1v) is 9.57. The highest BCUT2D eigenvalue weighted by atomic mass is 79.9. The SMILES string of the molecule is COc1ccc([C@@H]2CC(c3ccc(Br)cc3Br)=NN2C(C)=O)cc1OC. The number of benzene rings is 2. The van der Waals surface area contributed by atoms with Gasteiger partial charge in [0.2, 0.25) is 5.91 Å². The van der Waals surface area contributed by atoms with E-state index in [-0.39, 0.29) is 11.9 Å². The molecule has 0 spiro atoms. The Morgan fingerprint density at radius 3 is 2.46 bits per heavy atom. The Morgan fingerprint density at radius 2 is 1.85 bits per heavy atom. The maximum Gasteiger partial charge on any atom is 0.240 e. The lowest BCUT2D eigenvalue weighted by Crippen LogP contribution is -2.24. The van der Waals surface area contributed by atoms with Gasteiger partial charge in [-0.15, -0.1) is 0 Å². The van der Waals surface area contributed by atoms with Crippen molar-refractivity contribution in [2.75, 3.05) is 14.2 Å². The van der Waals surface area contributed by atoms with Gasteiger partial charge in [0, 0.05) is 27.9 Å². The molecule has 0 saturated carbocycles. The lowest BCUT2D eigenvalue weighted by molar-refractivity contribution is -0.130. The van der Waals surface area contributed by atoms with Gasteiger partial charge >= 0.3 is 0 Å². The molecule has 1 aliphatic rings. The number of halogens is 2. The number of nitrogens with zero attached hydrogens (tertiary/aromatic N) is 2. The van der Waals surface area contributed by atoms with Crippen molar-refractivity contribution >= 4 is 43.5 Å². The molecule has 0 unspecified atom stereocenters. The van der Waals surface area contributed by atoms with Crippen LogP contribution in [0.2, 0.25) is 0 Å². The molecule has 2 aromatic rings. The molecule has 0 aromatic heterocycles. The minimum Gasteiger partial charge on any atom is -0.493 e. The largest absolute Gasteiger partial charge is 0.493 e. The quantitative estimate of drug-likeness (QED) is 0.622. The van der Waals surface area contributed by atoms with Crippen LogP contribution in [-0.4, -0.2) is 30.8 Å². The van der Waals surface area contributed by atoms with Crippen LogP contribution >= 0.6 is 31.9 Å².